The normalized spacial score (nSPS) is 32.6. The molecule has 0 heterocycles. The Bertz CT molecular complexity index is 1170. The number of carbonyl (C=O) groups is 2. The molecule has 0 aliphatic heterocycles. The largest absolute Gasteiger partial charge is 0.393 e. The van der Waals surface area contributed by atoms with Crippen molar-refractivity contribution in [2.45, 2.75) is 70.3 Å². The van der Waals surface area contributed by atoms with Gasteiger partial charge < -0.3 is 14.3 Å². The lowest BCUT2D eigenvalue weighted by Gasteiger charge is -2.55. The number of oxime groups is 1. The molecule has 7 heteroatoms. The van der Waals surface area contributed by atoms with Gasteiger partial charge in [0.25, 0.3) is 0 Å². The summed E-state index contributed by atoms with van der Waals surface area (Å²) < 4.78 is 12.1. The van der Waals surface area contributed by atoms with Gasteiger partial charge in [-0.05, 0) is 90.5 Å². The van der Waals surface area contributed by atoms with Gasteiger partial charge in [-0.25, -0.2) is 4.79 Å². The van der Waals surface area contributed by atoms with Crippen LogP contribution >= 0.6 is 11.8 Å². The van der Waals surface area contributed by atoms with Crippen LogP contribution in [-0.2, 0) is 19.1 Å². The molecule has 2 unspecified atom stereocenters. The van der Waals surface area contributed by atoms with Gasteiger partial charge >= 0.3 is 5.30 Å². The van der Waals surface area contributed by atoms with E-state index in [4.69, 9.17) is 14.3 Å². The molecule has 2 fully saturated rings. The second kappa shape index (κ2) is 11.1. The van der Waals surface area contributed by atoms with Crippen molar-refractivity contribution in [2.75, 3.05) is 26.6 Å². The number of ether oxygens (including phenoxy) is 2. The van der Waals surface area contributed by atoms with Crippen LogP contribution in [0.15, 0.2) is 52.2 Å². The topological polar surface area (TPSA) is 74.2 Å². The Balaban J connectivity index is 1.52. The Morgan fingerprint density at radius 3 is 2.66 bits per heavy atom. The van der Waals surface area contributed by atoms with Crippen LogP contribution in [0.5, 0.6) is 0 Å². The Kier molecular flexibility index (Phi) is 7.99. The number of hydrogen-bond acceptors (Lipinski definition) is 7. The average molecular weight is 538 g/mol. The molecule has 1 aromatic carbocycles. The van der Waals surface area contributed by atoms with E-state index < -0.39 is 5.30 Å². The molecule has 2 saturated carbocycles. The van der Waals surface area contributed by atoms with Crippen LogP contribution in [0.4, 0.5) is 4.79 Å². The molecule has 5 atom stereocenters. The van der Waals surface area contributed by atoms with Crippen molar-refractivity contribution in [1.29, 1.82) is 0 Å². The van der Waals surface area contributed by atoms with E-state index in [-0.39, 0.29) is 22.7 Å². The maximum absolute atomic E-state index is 12.3. The van der Waals surface area contributed by atoms with Crippen LogP contribution in [0, 0.1) is 17.3 Å². The molecule has 1 aromatic rings. The van der Waals surface area contributed by atoms with E-state index in [0.29, 0.717) is 30.6 Å². The number of carbonyl (C=O) groups excluding carboxylic acids is 2. The minimum Gasteiger partial charge on any atom is -0.382 e. The minimum absolute atomic E-state index is 0.0197. The summed E-state index contributed by atoms with van der Waals surface area (Å²) in [6, 6.07) is 8.47. The smallest absolute Gasteiger partial charge is 0.382 e. The predicted molar refractivity (Wildman–Crippen MR) is 151 cm³/mol. The number of allylic oxidation sites excluding steroid dienone is 4. The first-order valence-corrected chi connectivity index (χ1v) is 14.8. The monoisotopic (exact) mass is 537 g/mol. The van der Waals surface area contributed by atoms with E-state index >= 15 is 0 Å². The van der Waals surface area contributed by atoms with Gasteiger partial charge in [-0.1, -0.05) is 48.8 Å². The molecule has 0 radical (unpaired) electrons. The van der Waals surface area contributed by atoms with Crippen LogP contribution in [-0.4, -0.2) is 49.5 Å². The van der Waals surface area contributed by atoms with E-state index in [1.807, 2.05) is 32.2 Å². The van der Waals surface area contributed by atoms with Crippen molar-refractivity contribution in [2.24, 2.45) is 22.4 Å². The highest BCUT2D eigenvalue weighted by Gasteiger charge is 2.63. The fraction of sp³-hybridized carbons (Fsp3) is 0.581. The number of rotatable bonds is 7. The zero-order valence-electron chi connectivity index (χ0n) is 23.0. The van der Waals surface area contributed by atoms with E-state index in [2.05, 4.69) is 24.2 Å². The number of benzene rings is 1. The van der Waals surface area contributed by atoms with E-state index in [1.54, 1.807) is 18.9 Å². The van der Waals surface area contributed by atoms with Crippen LogP contribution in [0.3, 0.4) is 0 Å². The maximum atomic E-state index is 12.3. The lowest BCUT2D eigenvalue weighted by atomic mass is 9.51. The van der Waals surface area contributed by atoms with Crippen molar-refractivity contribution in [1.82, 2.24) is 0 Å². The second-order valence-corrected chi connectivity index (χ2v) is 12.5. The van der Waals surface area contributed by atoms with Gasteiger partial charge in [-0.3, -0.25) is 4.79 Å². The van der Waals surface area contributed by atoms with E-state index in [9.17, 15) is 9.59 Å². The fourth-order valence-corrected chi connectivity index (χ4v) is 8.32. The molecule has 0 aromatic heterocycles. The zero-order chi connectivity index (χ0) is 26.9. The molecule has 5 rings (SSSR count). The first-order valence-electron chi connectivity index (χ1n) is 13.8. The molecule has 4 aliphatic rings. The molecular formula is C31H39NO5S. The van der Waals surface area contributed by atoms with Crippen molar-refractivity contribution < 1.29 is 23.9 Å². The van der Waals surface area contributed by atoms with Crippen LogP contribution in [0.2, 0.25) is 0 Å². The number of fused-ring (bicyclic) bond motifs is 4. The predicted octanol–water partition coefficient (Wildman–Crippen LogP) is 6.84. The molecule has 0 saturated heterocycles. The van der Waals surface area contributed by atoms with E-state index in [0.717, 1.165) is 55.9 Å². The molecule has 0 spiro atoms. The Labute approximate surface area is 230 Å². The molecule has 0 amide bonds. The third-order valence-electron chi connectivity index (χ3n) is 9.72. The minimum atomic E-state index is -0.397. The Morgan fingerprint density at radius 2 is 1.95 bits per heavy atom. The third kappa shape index (κ3) is 4.71. The molecule has 38 heavy (non-hydrogen) atoms. The first-order chi connectivity index (χ1) is 18.4. The molecule has 4 aliphatic carbocycles. The van der Waals surface area contributed by atoms with Crippen LogP contribution < -0.4 is 0 Å². The number of methoxy groups -OCH3 is 2. The summed E-state index contributed by atoms with van der Waals surface area (Å²) in [7, 11) is 3.63. The summed E-state index contributed by atoms with van der Waals surface area (Å²) in [5.41, 5.74) is 6.12. The summed E-state index contributed by atoms with van der Waals surface area (Å²) in [5.74, 6) is 2.20. The highest BCUT2D eigenvalue weighted by atomic mass is 32.2. The van der Waals surface area contributed by atoms with Crippen molar-refractivity contribution >= 4 is 29.1 Å². The van der Waals surface area contributed by atoms with Crippen molar-refractivity contribution in [3.05, 3.63) is 58.2 Å². The second-order valence-electron chi connectivity index (χ2n) is 11.3. The van der Waals surface area contributed by atoms with Gasteiger partial charge in [0.1, 0.15) is 0 Å². The van der Waals surface area contributed by atoms with Gasteiger partial charge in [0.2, 0.25) is 0 Å². The van der Waals surface area contributed by atoms with Crippen molar-refractivity contribution in [3.8, 4) is 0 Å². The number of ketones is 1. The number of hydrogen-bond donors (Lipinski definition) is 0. The zero-order valence-corrected chi connectivity index (χ0v) is 23.8. The van der Waals surface area contributed by atoms with Gasteiger partial charge in [-0.2, -0.15) is 0 Å². The number of thioether (sulfide) groups is 1. The molecule has 204 valence electrons. The Morgan fingerprint density at radius 1 is 1.16 bits per heavy atom. The number of nitrogens with zero attached hydrogens (tertiary/aromatic N) is 1. The third-order valence-corrected chi connectivity index (χ3v) is 10.3. The summed E-state index contributed by atoms with van der Waals surface area (Å²) in [5, 5.41) is 3.46. The molecule has 0 N–H and O–H groups in total. The molecular weight excluding hydrogens is 498 g/mol. The first kappa shape index (κ1) is 27.4. The van der Waals surface area contributed by atoms with Gasteiger partial charge in [0.15, 0.2) is 5.78 Å². The van der Waals surface area contributed by atoms with Gasteiger partial charge in [0, 0.05) is 37.7 Å². The summed E-state index contributed by atoms with van der Waals surface area (Å²) >= 11 is 1.09. The fourth-order valence-electron chi connectivity index (χ4n) is 7.99. The Hall–Kier alpha value is -2.22. The van der Waals surface area contributed by atoms with Crippen LogP contribution in [0.1, 0.15) is 75.8 Å². The van der Waals surface area contributed by atoms with Gasteiger partial charge in [0.05, 0.1) is 18.4 Å². The highest BCUT2D eigenvalue weighted by Crippen LogP contribution is 2.67. The summed E-state index contributed by atoms with van der Waals surface area (Å²) in [4.78, 5) is 28.8. The maximum Gasteiger partial charge on any atom is 0.393 e. The highest BCUT2D eigenvalue weighted by molar-refractivity contribution is 8.13. The lowest BCUT2D eigenvalue weighted by molar-refractivity contribution is -0.149. The van der Waals surface area contributed by atoms with Crippen LogP contribution in [0.25, 0.3) is 0 Å². The quantitative estimate of drug-likeness (QED) is 0.215. The SMILES string of the molecule is CCSC(=O)O/N=C/c1ccc([C@H]2C[C@@]3(C)C(CC[C@]3(COC)OC)C3CCC4=CC(=O)CCC4=C32)cc1. The lowest BCUT2D eigenvalue weighted by Crippen LogP contribution is -2.54. The standard InChI is InChI=1S/C31H39NO5S/c1-5-38-29(34)37-32-18-20-6-8-21(9-7-20)26-17-30(2)27(14-15-31(30,36-4)19-35-3)25-12-10-22-16-23(33)11-13-24(22)28(25)26/h6-9,16,18,25-27H,5,10-15,17,19H2,1-4H3/b32-18+/t25?,26-,27?,30+,31-/m1/s1. The van der Waals surface area contributed by atoms with Crippen molar-refractivity contribution in [3.63, 3.8) is 0 Å². The summed E-state index contributed by atoms with van der Waals surface area (Å²) in [6.45, 7) is 4.93. The van der Waals surface area contributed by atoms with Gasteiger partial charge in [-0.15, -0.1) is 0 Å². The van der Waals surface area contributed by atoms with E-state index in [1.165, 1.54) is 16.7 Å². The molecule has 6 nitrogen and oxygen atoms in total. The molecule has 0 bridgehead atoms. The summed E-state index contributed by atoms with van der Waals surface area (Å²) in [6.07, 6.45) is 10.2. The average Bonchev–Trinajstić information content (AvgIpc) is 3.20.